The minimum atomic E-state index is -0.0997. The number of hydrogen-bond donors (Lipinski definition) is 1. The zero-order chi connectivity index (χ0) is 15.9. The van der Waals surface area contributed by atoms with E-state index in [0.29, 0.717) is 11.8 Å². The first-order valence-corrected chi connectivity index (χ1v) is 8.53. The van der Waals surface area contributed by atoms with Crippen LogP contribution in [-0.2, 0) is 6.42 Å². The molecule has 0 fully saturated rings. The van der Waals surface area contributed by atoms with Crippen LogP contribution < -0.4 is 10.3 Å². The fraction of sp³-hybridized carbons (Fsp3) is 0.412. The summed E-state index contributed by atoms with van der Waals surface area (Å²) in [5, 5.41) is 0.654. The summed E-state index contributed by atoms with van der Waals surface area (Å²) in [5.74, 6) is 1.85. The highest BCUT2D eigenvalue weighted by atomic mass is 32.2. The molecule has 1 heterocycles. The molecule has 0 amide bonds. The van der Waals surface area contributed by atoms with Crippen LogP contribution in [0.2, 0.25) is 0 Å². The second-order valence-electron chi connectivity index (χ2n) is 5.32. The molecule has 4 nitrogen and oxygen atoms in total. The molecule has 1 N–H and O–H groups in total. The van der Waals surface area contributed by atoms with Crippen molar-refractivity contribution >= 4 is 11.8 Å². The monoisotopic (exact) mass is 318 g/mol. The Bertz CT molecular complexity index is 650. The minimum Gasteiger partial charge on any atom is -0.493 e. The quantitative estimate of drug-likeness (QED) is 0.481. The van der Waals surface area contributed by atoms with Gasteiger partial charge in [-0.25, -0.2) is 4.98 Å². The number of hydrogen-bond acceptors (Lipinski definition) is 4. The van der Waals surface area contributed by atoms with Gasteiger partial charge in [0.2, 0.25) is 0 Å². The summed E-state index contributed by atoms with van der Waals surface area (Å²) in [6.07, 6.45) is 1.03. The van der Waals surface area contributed by atoms with E-state index in [2.05, 4.69) is 29.0 Å². The molecular weight excluding hydrogens is 296 g/mol. The number of thioether (sulfide) groups is 1. The highest BCUT2D eigenvalue weighted by Gasteiger charge is 2.05. The summed E-state index contributed by atoms with van der Waals surface area (Å²) in [4.78, 5) is 18.8. The molecule has 5 heteroatoms. The lowest BCUT2D eigenvalue weighted by molar-refractivity contribution is 0.344. The Morgan fingerprint density at radius 3 is 2.64 bits per heavy atom. The van der Waals surface area contributed by atoms with Gasteiger partial charge in [-0.3, -0.25) is 4.79 Å². The third kappa shape index (κ3) is 4.91. The topological polar surface area (TPSA) is 55.0 Å². The number of ether oxygens (including phenoxy) is 1. The standard InChI is InChI=1S/C17H22N2O2S/c1-4-13-5-7-14(8-6-13)21-9-10-22-17-18-15(12(2)3)11-16(20)19-17/h5-8,11-12H,4,9-10H2,1-3H3,(H,18,19,20). The second kappa shape index (κ2) is 8.03. The molecule has 0 radical (unpaired) electrons. The predicted molar refractivity (Wildman–Crippen MR) is 91.0 cm³/mol. The molecule has 0 aliphatic rings. The Hall–Kier alpha value is -1.75. The van der Waals surface area contributed by atoms with Crippen molar-refractivity contribution in [2.24, 2.45) is 0 Å². The van der Waals surface area contributed by atoms with Crippen molar-refractivity contribution in [2.75, 3.05) is 12.4 Å². The third-order valence-electron chi connectivity index (χ3n) is 3.25. The number of aromatic amines is 1. The van der Waals surface area contributed by atoms with E-state index in [0.717, 1.165) is 23.6 Å². The van der Waals surface area contributed by atoms with Crippen LogP contribution in [0.4, 0.5) is 0 Å². The zero-order valence-corrected chi connectivity index (χ0v) is 14.1. The number of aromatic nitrogens is 2. The number of H-pyrrole nitrogens is 1. The van der Waals surface area contributed by atoms with Gasteiger partial charge in [0.15, 0.2) is 5.16 Å². The van der Waals surface area contributed by atoms with E-state index in [4.69, 9.17) is 4.74 Å². The highest BCUT2D eigenvalue weighted by Crippen LogP contribution is 2.17. The van der Waals surface area contributed by atoms with Crippen LogP contribution in [-0.4, -0.2) is 22.3 Å². The maximum atomic E-state index is 11.6. The number of benzene rings is 1. The third-order valence-corrected chi connectivity index (χ3v) is 4.09. The molecule has 0 saturated carbocycles. The van der Waals surface area contributed by atoms with E-state index in [1.165, 1.54) is 17.3 Å². The molecular formula is C17H22N2O2S. The van der Waals surface area contributed by atoms with E-state index in [1.54, 1.807) is 6.07 Å². The molecule has 1 aromatic heterocycles. The SMILES string of the molecule is CCc1ccc(OCCSc2nc(C(C)C)cc(=O)[nH]2)cc1. The molecule has 0 spiro atoms. The molecule has 0 unspecified atom stereocenters. The summed E-state index contributed by atoms with van der Waals surface area (Å²) in [5.41, 5.74) is 2.02. The molecule has 1 aromatic carbocycles. The summed E-state index contributed by atoms with van der Waals surface area (Å²) >= 11 is 1.50. The van der Waals surface area contributed by atoms with Crippen LogP contribution in [0.15, 0.2) is 40.3 Å². The lowest BCUT2D eigenvalue weighted by Crippen LogP contribution is -2.11. The van der Waals surface area contributed by atoms with Gasteiger partial charge in [0.25, 0.3) is 5.56 Å². The highest BCUT2D eigenvalue weighted by molar-refractivity contribution is 7.99. The van der Waals surface area contributed by atoms with Crippen LogP contribution in [0.5, 0.6) is 5.75 Å². The predicted octanol–water partition coefficient (Wildman–Crippen LogP) is 3.63. The molecule has 0 atom stereocenters. The van der Waals surface area contributed by atoms with Crippen molar-refractivity contribution in [3.63, 3.8) is 0 Å². The molecule has 0 bridgehead atoms. The van der Waals surface area contributed by atoms with Gasteiger partial charge in [-0.1, -0.05) is 44.7 Å². The van der Waals surface area contributed by atoms with Crippen LogP contribution in [0.25, 0.3) is 0 Å². The van der Waals surface area contributed by atoms with Gasteiger partial charge < -0.3 is 9.72 Å². The molecule has 0 saturated heterocycles. The second-order valence-corrected chi connectivity index (χ2v) is 6.41. The maximum Gasteiger partial charge on any atom is 0.251 e. The van der Waals surface area contributed by atoms with Crippen molar-refractivity contribution < 1.29 is 4.74 Å². The molecule has 2 rings (SSSR count). The fourth-order valence-electron chi connectivity index (χ4n) is 1.94. The normalized spacial score (nSPS) is 10.9. The van der Waals surface area contributed by atoms with Crippen molar-refractivity contribution in [3.8, 4) is 5.75 Å². The first kappa shape index (κ1) is 16.6. The summed E-state index contributed by atoms with van der Waals surface area (Å²) in [7, 11) is 0. The van der Waals surface area contributed by atoms with Gasteiger partial charge in [-0.15, -0.1) is 0 Å². The molecule has 0 aliphatic carbocycles. The lowest BCUT2D eigenvalue weighted by atomic mass is 10.1. The first-order valence-electron chi connectivity index (χ1n) is 7.54. The van der Waals surface area contributed by atoms with Gasteiger partial charge in [0.05, 0.1) is 12.3 Å². The van der Waals surface area contributed by atoms with Crippen molar-refractivity contribution in [2.45, 2.75) is 38.3 Å². The Balaban J connectivity index is 1.84. The van der Waals surface area contributed by atoms with Gasteiger partial charge in [0, 0.05) is 11.8 Å². The maximum absolute atomic E-state index is 11.6. The van der Waals surface area contributed by atoms with Crippen LogP contribution in [0, 0.1) is 0 Å². The number of rotatable bonds is 7. The summed E-state index contributed by atoms with van der Waals surface area (Å²) in [6.45, 7) is 6.76. The smallest absolute Gasteiger partial charge is 0.251 e. The van der Waals surface area contributed by atoms with Crippen LogP contribution in [0.3, 0.4) is 0 Å². The molecule has 118 valence electrons. The van der Waals surface area contributed by atoms with E-state index >= 15 is 0 Å². The average Bonchev–Trinajstić information content (AvgIpc) is 2.51. The summed E-state index contributed by atoms with van der Waals surface area (Å²) in [6, 6.07) is 9.69. The number of nitrogens with zero attached hydrogens (tertiary/aromatic N) is 1. The van der Waals surface area contributed by atoms with Crippen molar-refractivity contribution in [1.82, 2.24) is 9.97 Å². The Labute approximate surface area is 135 Å². The summed E-state index contributed by atoms with van der Waals surface area (Å²) < 4.78 is 5.69. The van der Waals surface area contributed by atoms with Crippen molar-refractivity contribution in [1.29, 1.82) is 0 Å². The van der Waals surface area contributed by atoms with E-state index in [-0.39, 0.29) is 11.5 Å². The number of aryl methyl sites for hydroxylation is 1. The fourth-order valence-corrected chi connectivity index (χ4v) is 2.64. The number of nitrogens with one attached hydrogen (secondary N) is 1. The Morgan fingerprint density at radius 1 is 1.27 bits per heavy atom. The largest absolute Gasteiger partial charge is 0.493 e. The van der Waals surface area contributed by atoms with Gasteiger partial charge in [0.1, 0.15) is 5.75 Å². The van der Waals surface area contributed by atoms with E-state index < -0.39 is 0 Å². The van der Waals surface area contributed by atoms with Crippen LogP contribution >= 0.6 is 11.8 Å². The van der Waals surface area contributed by atoms with E-state index in [1.807, 2.05) is 26.0 Å². The molecule has 0 aliphatic heterocycles. The Morgan fingerprint density at radius 2 is 2.00 bits per heavy atom. The zero-order valence-electron chi connectivity index (χ0n) is 13.3. The first-order chi connectivity index (χ1) is 10.6. The lowest BCUT2D eigenvalue weighted by Gasteiger charge is -2.08. The van der Waals surface area contributed by atoms with Crippen LogP contribution in [0.1, 0.15) is 37.9 Å². The van der Waals surface area contributed by atoms with Crippen molar-refractivity contribution in [3.05, 3.63) is 51.9 Å². The average molecular weight is 318 g/mol. The van der Waals surface area contributed by atoms with Gasteiger partial charge in [-0.05, 0) is 30.0 Å². The molecule has 2 aromatic rings. The van der Waals surface area contributed by atoms with Gasteiger partial charge in [-0.2, -0.15) is 0 Å². The van der Waals surface area contributed by atoms with E-state index in [9.17, 15) is 4.79 Å². The Kier molecular flexibility index (Phi) is 6.07. The molecule has 22 heavy (non-hydrogen) atoms. The minimum absolute atomic E-state index is 0.0997. The van der Waals surface area contributed by atoms with Gasteiger partial charge >= 0.3 is 0 Å².